The van der Waals surface area contributed by atoms with Gasteiger partial charge in [-0.15, -0.1) is 0 Å². The minimum Gasteiger partial charge on any atom is -0.480 e. The van der Waals surface area contributed by atoms with E-state index >= 15 is 0 Å². The molecule has 2 atom stereocenters. The van der Waals surface area contributed by atoms with Crippen molar-refractivity contribution >= 4 is 17.8 Å². The molecule has 0 spiro atoms. The fraction of sp³-hybridized carbons (Fsp3) is 0.750. The van der Waals surface area contributed by atoms with Crippen LogP contribution in [0.15, 0.2) is 0 Å². The third-order valence-electron chi connectivity index (χ3n) is 2.61. The number of rotatable bonds is 10. The lowest BCUT2D eigenvalue weighted by atomic mass is 10.1. The van der Waals surface area contributed by atoms with Gasteiger partial charge in [0.25, 0.3) is 0 Å². The molecule has 1 unspecified atom stereocenters. The van der Waals surface area contributed by atoms with Crippen molar-refractivity contribution in [2.45, 2.75) is 44.2 Å². The highest BCUT2D eigenvalue weighted by Gasteiger charge is 2.14. The fourth-order valence-electron chi connectivity index (χ4n) is 1.31. The third-order valence-corrected chi connectivity index (χ3v) is 2.61. The zero-order chi connectivity index (χ0) is 16.8. The van der Waals surface area contributed by atoms with Crippen LogP contribution in [-0.4, -0.2) is 53.7 Å². The summed E-state index contributed by atoms with van der Waals surface area (Å²) in [7, 11) is 1.53. The zero-order valence-electron chi connectivity index (χ0n) is 12.2. The van der Waals surface area contributed by atoms with Gasteiger partial charge in [0.15, 0.2) is 0 Å². The van der Waals surface area contributed by atoms with Crippen LogP contribution < -0.4 is 22.5 Å². The number of likely N-dealkylation sites (N-methyl/N-ethyl adjacent to an activating group) is 1. The van der Waals surface area contributed by atoms with Crippen molar-refractivity contribution < 1.29 is 24.6 Å². The Morgan fingerprint density at radius 3 is 2.00 bits per heavy atom. The van der Waals surface area contributed by atoms with E-state index in [2.05, 4.69) is 5.32 Å². The molecule has 9 heteroatoms. The van der Waals surface area contributed by atoms with Gasteiger partial charge in [-0.1, -0.05) is 6.42 Å². The van der Waals surface area contributed by atoms with Gasteiger partial charge in [0.2, 0.25) is 5.91 Å². The van der Waals surface area contributed by atoms with Gasteiger partial charge in [0.05, 0.1) is 0 Å². The van der Waals surface area contributed by atoms with E-state index in [1.807, 2.05) is 0 Å². The Morgan fingerprint density at radius 1 is 1.10 bits per heavy atom. The molecule has 0 aromatic heterocycles. The third kappa shape index (κ3) is 14.5. The predicted molar refractivity (Wildman–Crippen MR) is 77.4 cm³/mol. The molecule has 0 rings (SSSR count). The first-order chi connectivity index (χ1) is 9.76. The van der Waals surface area contributed by atoms with E-state index < -0.39 is 29.9 Å². The number of carboxylic acids is 2. The number of nitrogens with one attached hydrogen (secondary N) is 1. The monoisotopic (exact) mass is 306 g/mol. The second-order valence-electron chi connectivity index (χ2n) is 4.41. The predicted octanol–water partition coefficient (Wildman–Crippen LogP) is -1.55. The molecule has 21 heavy (non-hydrogen) atoms. The number of hydrogen-bond donors (Lipinski definition) is 6. The average molecular weight is 306 g/mol. The molecular weight excluding hydrogens is 280 g/mol. The Hall–Kier alpha value is -1.71. The number of nitrogens with two attached hydrogens (primary N) is 3. The van der Waals surface area contributed by atoms with Gasteiger partial charge in [-0.2, -0.15) is 0 Å². The Balaban J connectivity index is 0. The molecule has 0 aromatic carbocycles. The van der Waals surface area contributed by atoms with E-state index in [1.54, 1.807) is 0 Å². The summed E-state index contributed by atoms with van der Waals surface area (Å²) in [5.74, 6) is -2.38. The summed E-state index contributed by atoms with van der Waals surface area (Å²) in [6.45, 7) is 0.604. The van der Waals surface area contributed by atoms with Gasteiger partial charge in [-0.05, 0) is 32.9 Å². The first kappa shape index (κ1) is 21.6. The molecular formula is C12H26N4O5. The van der Waals surface area contributed by atoms with Crippen LogP contribution in [0.3, 0.4) is 0 Å². The molecule has 0 aliphatic heterocycles. The Labute approximate surface area is 123 Å². The van der Waals surface area contributed by atoms with Gasteiger partial charge < -0.3 is 32.7 Å². The lowest BCUT2D eigenvalue weighted by molar-refractivity contribution is -0.140. The summed E-state index contributed by atoms with van der Waals surface area (Å²) in [6.07, 6.45) is 2.50. The number of carbonyl (C=O) groups excluding carboxylic acids is 1. The Morgan fingerprint density at radius 2 is 1.67 bits per heavy atom. The summed E-state index contributed by atoms with van der Waals surface area (Å²) in [4.78, 5) is 30.7. The highest BCUT2D eigenvalue weighted by molar-refractivity contribution is 5.77. The highest BCUT2D eigenvalue weighted by Crippen LogP contribution is 1.97. The van der Waals surface area contributed by atoms with Crippen LogP contribution in [-0.2, 0) is 14.4 Å². The van der Waals surface area contributed by atoms with Crippen molar-refractivity contribution in [1.82, 2.24) is 5.32 Å². The molecule has 0 bridgehead atoms. The maximum Gasteiger partial charge on any atom is 0.320 e. The minimum atomic E-state index is -0.964. The van der Waals surface area contributed by atoms with Crippen LogP contribution in [0, 0.1) is 0 Å². The number of unbranched alkanes of at least 4 members (excludes halogenated alkanes) is 1. The molecule has 124 valence electrons. The quantitative estimate of drug-likeness (QED) is 0.262. The Bertz CT molecular complexity index is 325. The first-order valence-electron chi connectivity index (χ1n) is 6.63. The van der Waals surface area contributed by atoms with Gasteiger partial charge in [0.1, 0.15) is 12.1 Å². The van der Waals surface area contributed by atoms with Crippen molar-refractivity contribution in [1.29, 1.82) is 0 Å². The lowest BCUT2D eigenvalue weighted by Crippen LogP contribution is -2.34. The van der Waals surface area contributed by atoms with Crippen LogP contribution in [0.5, 0.6) is 0 Å². The van der Waals surface area contributed by atoms with Gasteiger partial charge >= 0.3 is 11.9 Å². The van der Waals surface area contributed by atoms with E-state index in [4.69, 9.17) is 27.4 Å². The van der Waals surface area contributed by atoms with Crippen LogP contribution in [0.2, 0.25) is 0 Å². The average Bonchev–Trinajstić information content (AvgIpc) is 2.39. The van der Waals surface area contributed by atoms with Crippen LogP contribution in [0.1, 0.15) is 32.1 Å². The summed E-state index contributed by atoms with van der Waals surface area (Å²) < 4.78 is 0. The maximum absolute atomic E-state index is 10.3. The topological polar surface area (TPSA) is 182 Å². The number of carbonyl (C=O) groups is 3. The first-order valence-corrected chi connectivity index (χ1v) is 6.63. The molecule has 1 amide bonds. The van der Waals surface area contributed by atoms with E-state index in [1.165, 1.54) is 7.05 Å². The maximum atomic E-state index is 10.3. The SMILES string of the molecule is CN[C@@H](CCC(N)=O)C(=O)O.NCCCCC(N)C(=O)O. The number of aliphatic carboxylic acids is 2. The molecule has 0 heterocycles. The smallest absolute Gasteiger partial charge is 0.320 e. The van der Waals surface area contributed by atoms with Gasteiger partial charge in [0, 0.05) is 6.42 Å². The van der Waals surface area contributed by atoms with Crippen molar-refractivity contribution in [3.63, 3.8) is 0 Å². The molecule has 0 aromatic rings. The zero-order valence-corrected chi connectivity index (χ0v) is 12.2. The van der Waals surface area contributed by atoms with E-state index in [-0.39, 0.29) is 12.8 Å². The van der Waals surface area contributed by atoms with Crippen molar-refractivity contribution in [2.75, 3.05) is 13.6 Å². The van der Waals surface area contributed by atoms with Crippen molar-refractivity contribution in [3.05, 3.63) is 0 Å². The van der Waals surface area contributed by atoms with E-state index in [0.717, 1.165) is 12.8 Å². The van der Waals surface area contributed by atoms with Crippen molar-refractivity contribution in [3.8, 4) is 0 Å². The van der Waals surface area contributed by atoms with Crippen LogP contribution in [0.25, 0.3) is 0 Å². The largest absolute Gasteiger partial charge is 0.480 e. The normalized spacial score (nSPS) is 12.7. The minimum absolute atomic E-state index is 0.0950. The van der Waals surface area contributed by atoms with E-state index in [9.17, 15) is 14.4 Å². The summed E-state index contributed by atoms with van der Waals surface area (Å²) in [5, 5.41) is 19.3. The van der Waals surface area contributed by atoms with Gasteiger partial charge in [-0.25, -0.2) is 0 Å². The van der Waals surface area contributed by atoms with Crippen LogP contribution >= 0.6 is 0 Å². The second-order valence-corrected chi connectivity index (χ2v) is 4.41. The molecule has 0 saturated heterocycles. The number of amides is 1. The molecule has 9 N–H and O–H groups in total. The number of hydrogen-bond acceptors (Lipinski definition) is 6. The Kier molecular flexibility index (Phi) is 13.7. The summed E-state index contributed by atoms with van der Waals surface area (Å²) in [5.41, 5.74) is 15.3. The second kappa shape index (κ2) is 13.3. The van der Waals surface area contributed by atoms with Crippen molar-refractivity contribution in [2.24, 2.45) is 17.2 Å². The number of carboxylic acid groups (broad SMARTS) is 2. The highest BCUT2D eigenvalue weighted by atomic mass is 16.4. The molecule has 0 radical (unpaired) electrons. The van der Waals surface area contributed by atoms with Crippen LogP contribution in [0.4, 0.5) is 0 Å². The molecule has 0 aliphatic rings. The summed E-state index contributed by atoms with van der Waals surface area (Å²) >= 11 is 0. The standard InChI is InChI=1S/C6H12N2O3.C6H14N2O2/c1-8-4(6(10)11)2-3-5(7)9;7-4-2-1-3-5(8)6(9)10/h4,8H,2-3H2,1H3,(H2,7,9)(H,10,11);5H,1-4,7-8H2,(H,9,10)/t4-;/m0./s1. The summed E-state index contributed by atoms with van der Waals surface area (Å²) in [6, 6.07) is -1.39. The molecule has 0 aliphatic carbocycles. The van der Waals surface area contributed by atoms with Gasteiger partial charge in [-0.3, -0.25) is 14.4 Å². The molecule has 9 nitrogen and oxygen atoms in total. The van der Waals surface area contributed by atoms with E-state index in [0.29, 0.717) is 13.0 Å². The molecule has 0 saturated carbocycles. The number of primary amides is 1. The lowest BCUT2D eigenvalue weighted by Gasteiger charge is -2.08. The molecule has 0 fully saturated rings. The fourth-order valence-corrected chi connectivity index (χ4v) is 1.31.